The van der Waals surface area contributed by atoms with Crippen molar-refractivity contribution < 1.29 is 4.52 Å². The van der Waals surface area contributed by atoms with Crippen LogP contribution in [-0.4, -0.2) is 15.1 Å². The predicted octanol–water partition coefficient (Wildman–Crippen LogP) is 3.05. The Morgan fingerprint density at radius 1 is 1.00 bits per heavy atom. The lowest BCUT2D eigenvalue weighted by atomic mass is 10.3. The molecule has 0 saturated heterocycles. The zero-order valence-electron chi connectivity index (χ0n) is 11.1. The van der Waals surface area contributed by atoms with Gasteiger partial charge in [0.15, 0.2) is 0 Å². The summed E-state index contributed by atoms with van der Waals surface area (Å²) in [5.74, 6) is 1.05. The van der Waals surface area contributed by atoms with Crippen molar-refractivity contribution in [1.29, 1.82) is 0 Å². The quantitative estimate of drug-likeness (QED) is 0.786. The Morgan fingerprint density at radius 3 is 2.65 bits per heavy atom. The molecule has 1 N–H and O–H groups in total. The highest BCUT2D eigenvalue weighted by atomic mass is 16.5. The van der Waals surface area contributed by atoms with Crippen LogP contribution in [0.25, 0.3) is 11.5 Å². The second-order valence-corrected chi connectivity index (χ2v) is 4.40. The summed E-state index contributed by atoms with van der Waals surface area (Å²) in [6, 6.07) is 15.6. The minimum absolute atomic E-state index is 0.489. The minimum atomic E-state index is 0.489. The van der Waals surface area contributed by atoms with Crippen molar-refractivity contribution in [3.63, 3.8) is 0 Å². The van der Waals surface area contributed by atoms with Gasteiger partial charge in [-0.3, -0.25) is 0 Å². The molecule has 0 amide bonds. The number of pyridine rings is 1. The van der Waals surface area contributed by atoms with Crippen LogP contribution in [0.1, 0.15) is 11.6 Å². The van der Waals surface area contributed by atoms with Gasteiger partial charge in [0.1, 0.15) is 5.69 Å². The molecule has 0 aliphatic heterocycles. The number of anilines is 1. The number of nitrogens with one attached hydrogen (secondary N) is 1. The third kappa shape index (κ3) is 2.83. The molecule has 0 saturated carbocycles. The smallest absolute Gasteiger partial charge is 0.246 e. The molecule has 100 valence electrons. The molecule has 1 aromatic carbocycles. The number of hydrogen-bond donors (Lipinski definition) is 1. The lowest BCUT2D eigenvalue weighted by Crippen LogP contribution is -1.99. The van der Waals surface area contributed by atoms with Crippen molar-refractivity contribution in [2.75, 3.05) is 5.32 Å². The summed E-state index contributed by atoms with van der Waals surface area (Å²) in [5.41, 5.74) is 2.66. The van der Waals surface area contributed by atoms with E-state index in [1.807, 2.05) is 55.5 Å². The lowest BCUT2D eigenvalue weighted by molar-refractivity contribution is 0.384. The monoisotopic (exact) mass is 266 g/mol. The predicted molar refractivity (Wildman–Crippen MR) is 76.0 cm³/mol. The molecule has 0 radical (unpaired) electrons. The lowest BCUT2D eigenvalue weighted by Gasteiger charge is -2.01. The molecule has 0 spiro atoms. The molecule has 5 nitrogen and oxygen atoms in total. The fourth-order valence-corrected chi connectivity index (χ4v) is 1.83. The molecule has 3 aromatic rings. The number of rotatable bonds is 4. The second kappa shape index (κ2) is 5.52. The van der Waals surface area contributed by atoms with Gasteiger partial charge in [-0.2, -0.15) is 4.98 Å². The van der Waals surface area contributed by atoms with Gasteiger partial charge in [-0.25, -0.2) is 4.98 Å². The van der Waals surface area contributed by atoms with E-state index in [1.165, 1.54) is 0 Å². The zero-order valence-corrected chi connectivity index (χ0v) is 11.1. The third-order valence-electron chi connectivity index (χ3n) is 2.80. The highest BCUT2D eigenvalue weighted by Gasteiger charge is 2.09. The molecule has 0 aliphatic rings. The number of nitrogens with zero attached hydrogens (tertiary/aromatic N) is 3. The highest BCUT2D eigenvalue weighted by molar-refractivity contribution is 5.48. The molecule has 0 fully saturated rings. The molecular formula is C15H14N4O. The molecule has 5 heteroatoms. The van der Waals surface area contributed by atoms with E-state index in [0.29, 0.717) is 18.3 Å². The average molecular weight is 266 g/mol. The van der Waals surface area contributed by atoms with Crippen LogP contribution < -0.4 is 5.32 Å². The Kier molecular flexibility index (Phi) is 3.41. The van der Waals surface area contributed by atoms with E-state index in [-0.39, 0.29) is 0 Å². The van der Waals surface area contributed by atoms with Crippen molar-refractivity contribution in [1.82, 2.24) is 15.1 Å². The summed E-state index contributed by atoms with van der Waals surface area (Å²) in [5, 5.41) is 7.17. The Bertz CT molecular complexity index is 694. The SMILES string of the molecule is Cc1cccc(-c2noc(CNc3ccccc3)n2)n1. The highest BCUT2D eigenvalue weighted by Crippen LogP contribution is 2.14. The van der Waals surface area contributed by atoms with Gasteiger partial charge in [0, 0.05) is 11.4 Å². The molecule has 0 aliphatic carbocycles. The summed E-state index contributed by atoms with van der Waals surface area (Å²) in [6.45, 7) is 2.42. The van der Waals surface area contributed by atoms with Crippen molar-refractivity contribution in [3.8, 4) is 11.5 Å². The summed E-state index contributed by atoms with van der Waals surface area (Å²) in [4.78, 5) is 8.70. The number of aryl methyl sites for hydroxylation is 1. The van der Waals surface area contributed by atoms with Gasteiger partial charge in [0.25, 0.3) is 0 Å². The molecule has 0 atom stereocenters. The van der Waals surface area contributed by atoms with Gasteiger partial charge in [-0.15, -0.1) is 0 Å². The standard InChI is InChI=1S/C15H14N4O/c1-11-6-5-9-13(17-11)15-18-14(20-19-15)10-16-12-7-3-2-4-8-12/h2-9,16H,10H2,1H3. The van der Waals surface area contributed by atoms with Gasteiger partial charge in [-0.05, 0) is 31.2 Å². The van der Waals surface area contributed by atoms with Crippen molar-refractivity contribution in [2.24, 2.45) is 0 Å². The van der Waals surface area contributed by atoms with Crippen LogP contribution >= 0.6 is 0 Å². The Balaban J connectivity index is 1.71. The topological polar surface area (TPSA) is 63.8 Å². The molecule has 0 unspecified atom stereocenters. The maximum atomic E-state index is 5.22. The fraction of sp³-hybridized carbons (Fsp3) is 0.133. The van der Waals surface area contributed by atoms with Crippen LogP contribution in [0.3, 0.4) is 0 Å². The average Bonchev–Trinajstić information content (AvgIpc) is 2.95. The van der Waals surface area contributed by atoms with Crippen LogP contribution in [0.15, 0.2) is 53.1 Å². The summed E-state index contributed by atoms with van der Waals surface area (Å²) in [7, 11) is 0. The van der Waals surface area contributed by atoms with Gasteiger partial charge < -0.3 is 9.84 Å². The Hall–Kier alpha value is -2.69. The number of hydrogen-bond acceptors (Lipinski definition) is 5. The van der Waals surface area contributed by atoms with Crippen molar-refractivity contribution >= 4 is 5.69 Å². The molecule has 2 heterocycles. The first-order valence-corrected chi connectivity index (χ1v) is 6.37. The largest absolute Gasteiger partial charge is 0.376 e. The molecule has 3 rings (SSSR count). The second-order valence-electron chi connectivity index (χ2n) is 4.40. The van der Waals surface area contributed by atoms with E-state index in [0.717, 1.165) is 17.1 Å². The maximum absolute atomic E-state index is 5.22. The van der Waals surface area contributed by atoms with Crippen molar-refractivity contribution in [3.05, 3.63) is 60.1 Å². The molecule has 2 aromatic heterocycles. The maximum Gasteiger partial charge on any atom is 0.246 e. The van der Waals surface area contributed by atoms with Crippen LogP contribution in [0.2, 0.25) is 0 Å². The van der Waals surface area contributed by atoms with E-state index in [4.69, 9.17) is 4.52 Å². The normalized spacial score (nSPS) is 10.4. The van der Waals surface area contributed by atoms with Crippen LogP contribution in [0.4, 0.5) is 5.69 Å². The first-order valence-electron chi connectivity index (χ1n) is 6.37. The third-order valence-corrected chi connectivity index (χ3v) is 2.80. The first-order chi connectivity index (χ1) is 9.81. The summed E-state index contributed by atoms with van der Waals surface area (Å²) < 4.78 is 5.22. The van der Waals surface area contributed by atoms with E-state index in [2.05, 4.69) is 20.4 Å². The summed E-state index contributed by atoms with van der Waals surface area (Å²) in [6.07, 6.45) is 0. The van der Waals surface area contributed by atoms with E-state index < -0.39 is 0 Å². The van der Waals surface area contributed by atoms with Crippen LogP contribution in [-0.2, 0) is 6.54 Å². The van der Waals surface area contributed by atoms with E-state index in [1.54, 1.807) is 0 Å². The fourth-order valence-electron chi connectivity index (χ4n) is 1.83. The first kappa shape index (κ1) is 12.3. The van der Waals surface area contributed by atoms with E-state index >= 15 is 0 Å². The number of benzene rings is 1. The van der Waals surface area contributed by atoms with Crippen LogP contribution in [0.5, 0.6) is 0 Å². The van der Waals surface area contributed by atoms with Gasteiger partial charge >= 0.3 is 0 Å². The van der Waals surface area contributed by atoms with Gasteiger partial charge in [0.05, 0.1) is 6.54 Å². The Labute approximate surface area is 116 Å². The van der Waals surface area contributed by atoms with Crippen LogP contribution in [0, 0.1) is 6.92 Å². The van der Waals surface area contributed by atoms with Gasteiger partial charge in [0.2, 0.25) is 11.7 Å². The number of para-hydroxylation sites is 1. The Morgan fingerprint density at radius 2 is 1.85 bits per heavy atom. The molecule has 0 bridgehead atoms. The molecule has 20 heavy (non-hydrogen) atoms. The zero-order chi connectivity index (χ0) is 13.8. The number of aromatic nitrogens is 3. The minimum Gasteiger partial charge on any atom is -0.376 e. The van der Waals surface area contributed by atoms with E-state index in [9.17, 15) is 0 Å². The molecular weight excluding hydrogens is 252 g/mol. The summed E-state index contributed by atoms with van der Waals surface area (Å²) >= 11 is 0. The van der Waals surface area contributed by atoms with Crippen molar-refractivity contribution in [2.45, 2.75) is 13.5 Å². The van der Waals surface area contributed by atoms with Gasteiger partial charge in [-0.1, -0.05) is 29.4 Å².